The molecule has 0 atom stereocenters. The van der Waals surface area contributed by atoms with E-state index >= 15 is 0 Å². The second-order valence-corrected chi connectivity index (χ2v) is 4.23. The number of benzene rings is 1. The van der Waals surface area contributed by atoms with Crippen LogP contribution in [0, 0.1) is 5.82 Å². The summed E-state index contributed by atoms with van der Waals surface area (Å²) < 4.78 is 17.9. The smallest absolute Gasteiger partial charge is 0.306 e. The Kier molecular flexibility index (Phi) is 5.28. The number of aliphatic hydroxyl groups is 1. The molecule has 5 heteroatoms. The quantitative estimate of drug-likeness (QED) is 0.635. The molecule has 1 aromatic rings. The highest BCUT2D eigenvalue weighted by atomic mass is 32.2. The third-order valence-electron chi connectivity index (χ3n) is 1.97. The second kappa shape index (κ2) is 6.50. The Bertz CT molecular complexity index is 368. The van der Waals surface area contributed by atoms with Crippen LogP contribution in [0.2, 0.25) is 0 Å². The number of hydrogen-bond donors (Lipinski definition) is 1. The molecular weight excluding hydrogens is 231 g/mol. The number of rotatable bonds is 5. The van der Waals surface area contributed by atoms with Crippen LogP contribution in [0.5, 0.6) is 0 Å². The van der Waals surface area contributed by atoms with E-state index in [1.807, 2.05) is 0 Å². The monoisotopic (exact) mass is 244 g/mol. The van der Waals surface area contributed by atoms with Crippen LogP contribution in [0.25, 0.3) is 0 Å². The molecule has 0 spiro atoms. The molecule has 0 aromatic heterocycles. The highest BCUT2D eigenvalue weighted by Gasteiger charge is 2.06. The summed E-state index contributed by atoms with van der Waals surface area (Å²) in [7, 11) is 1.32. The van der Waals surface area contributed by atoms with E-state index in [0.29, 0.717) is 16.2 Å². The van der Waals surface area contributed by atoms with Crippen LogP contribution in [0.15, 0.2) is 23.1 Å². The molecule has 0 saturated heterocycles. The van der Waals surface area contributed by atoms with Crippen LogP contribution in [0.1, 0.15) is 12.0 Å². The van der Waals surface area contributed by atoms with E-state index < -0.39 is 0 Å². The molecule has 0 radical (unpaired) electrons. The van der Waals surface area contributed by atoms with Gasteiger partial charge in [0.05, 0.1) is 20.1 Å². The first-order chi connectivity index (χ1) is 7.67. The minimum Gasteiger partial charge on any atom is -0.469 e. The zero-order valence-corrected chi connectivity index (χ0v) is 9.72. The van der Waals surface area contributed by atoms with Crippen molar-refractivity contribution in [3.63, 3.8) is 0 Å². The van der Waals surface area contributed by atoms with Crippen molar-refractivity contribution in [2.75, 3.05) is 12.9 Å². The zero-order chi connectivity index (χ0) is 12.0. The lowest BCUT2D eigenvalue weighted by molar-refractivity contribution is -0.140. The summed E-state index contributed by atoms with van der Waals surface area (Å²) in [5.41, 5.74) is 0.537. The fraction of sp³-hybridized carbons (Fsp3) is 0.364. The van der Waals surface area contributed by atoms with Gasteiger partial charge < -0.3 is 9.84 Å². The summed E-state index contributed by atoms with van der Waals surface area (Å²) >= 11 is 1.25. The van der Waals surface area contributed by atoms with Gasteiger partial charge in [-0.05, 0) is 17.7 Å². The molecule has 0 unspecified atom stereocenters. The van der Waals surface area contributed by atoms with Crippen molar-refractivity contribution in [2.45, 2.75) is 17.9 Å². The molecule has 0 amide bonds. The maximum atomic E-state index is 13.4. The molecule has 1 aromatic carbocycles. The fourth-order valence-electron chi connectivity index (χ4n) is 1.11. The molecular formula is C11H13FO3S. The summed E-state index contributed by atoms with van der Waals surface area (Å²) in [5, 5.41) is 8.80. The summed E-state index contributed by atoms with van der Waals surface area (Å²) in [6.07, 6.45) is 0.252. The van der Waals surface area contributed by atoms with Crippen molar-refractivity contribution in [3.8, 4) is 0 Å². The molecule has 16 heavy (non-hydrogen) atoms. The van der Waals surface area contributed by atoms with Gasteiger partial charge in [-0.3, -0.25) is 4.79 Å². The Hall–Kier alpha value is -1.07. The van der Waals surface area contributed by atoms with E-state index in [-0.39, 0.29) is 24.8 Å². The molecule has 1 rings (SSSR count). The van der Waals surface area contributed by atoms with E-state index in [4.69, 9.17) is 5.11 Å². The van der Waals surface area contributed by atoms with E-state index in [1.54, 1.807) is 12.1 Å². The van der Waals surface area contributed by atoms with Gasteiger partial charge in [0.25, 0.3) is 0 Å². The van der Waals surface area contributed by atoms with Crippen LogP contribution in [0.3, 0.4) is 0 Å². The predicted molar refractivity (Wildman–Crippen MR) is 59.7 cm³/mol. The van der Waals surface area contributed by atoms with E-state index in [9.17, 15) is 9.18 Å². The molecule has 1 N–H and O–H groups in total. The Morgan fingerprint density at radius 2 is 2.31 bits per heavy atom. The Morgan fingerprint density at radius 3 is 2.88 bits per heavy atom. The van der Waals surface area contributed by atoms with E-state index in [1.165, 1.54) is 24.9 Å². The average molecular weight is 244 g/mol. The van der Waals surface area contributed by atoms with Crippen LogP contribution < -0.4 is 0 Å². The van der Waals surface area contributed by atoms with E-state index in [0.717, 1.165) is 0 Å². The maximum Gasteiger partial charge on any atom is 0.306 e. The summed E-state index contributed by atoms with van der Waals surface area (Å²) in [4.78, 5) is 11.3. The number of carbonyl (C=O) groups excluding carboxylic acids is 1. The molecule has 0 saturated carbocycles. The second-order valence-electron chi connectivity index (χ2n) is 3.10. The van der Waals surface area contributed by atoms with Crippen molar-refractivity contribution in [3.05, 3.63) is 29.6 Å². The highest BCUT2D eigenvalue weighted by molar-refractivity contribution is 7.99. The van der Waals surface area contributed by atoms with Crippen LogP contribution in [0.4, 0.5) is 4.39 Å². The summed E-state index contributed by atoms with van der Waals surface area (Å²) in [5.74, 6) is -0.205. The number of hydrogen-bond acceptors (Lipinski definition) is 4. The Balaban J connectivity index is 2.51. The molecule has 88 valence electrons. The lowest BCUT2D eigenvalue weighted by atomic mass is 10.2. The third kappa shape index (κ3) is 3.83. The van der Waals surface area contributed by atoms with Gasteiger partial charge in [0.1, 0.15) is 5.82 Å². The number of methoxy groups -OCH3 is 1. The molecule has 0 aliphatic carbocycles. The average Bonchev–Trinajstić information content (AvgIpc) is 2.30. The number of halogens is 1. The fourth-order valence-corrected chi connectivity index (χ4v) is 1.96. The Labute approximate surface area is 97.6 Å². The molecule has 0 aliphatic heterocycles. The first-order valence-electron chi connectivity index (χ1n) is 4.76. The van der Waals surface area contributed by atoms with Gasteiger partial charge >= 0.3 is 5.97 Å². The van der Waals surface area contributed by atoms with Gasteiger partial charge in [-0.2, -0.15) is 0 Å². The summed E-state index contributed by atoms with van der Waals surface area (Å²) in [6.45, 7) is -0.177. The first kappa shape index (κ1) is 13.0. The predicted octanol–water partition coefficient (Wildman–Crippen LogP) is 1.97. The molecule has 0 aliphatic rings. The summed E-state index contributed by atoms with van der Waals surface area (Å²) in [6, 6.07) is 4.55. The van der Waals surface area contributed by atoms with Crippen molar-refractivity contribution < 1.29 is 19.0 Å². The molecule has 0 fully saturated rings. The third-order valence-corrected chi connectivity index (χ3v) is 3.02. The largest absolute Gasteiger partial charge is 0.469 e. The Morgan fingerprint density at radius 1 is 1.56 bits per heavy atom. The topological polar surface area (TPSA) is 46.5 Å². The number of esters is 1. The van der Waals surface area contributed by atoms with Gasteiger partial charge in [-0.25, -0.2) is 4.39 Å². The minimum atomic E-state index is -0.374. The van der Waals surface area contributed by atoms with Gasteiger partial charge in [0.2, 0.25) is 0 Å². The number of carbonyl (C=O) groups is 1. The lowest BCUT2D eigenvalue weighted by Gasteiger charge is -2.04. The standard InChI is InChI=1S/C11H13FO3S/c1-15-11(14)4-5-16-10-3-2-8(7-13)6-9(10)12/h2-3,6,13H,4-5,7H2,1H3. The van der Waals surface area contributed by atoms with Crippen LogP contribution in [-0.4, -0.2) is 23.9 Å². The zero-order valence-electron chi connectivity index (χ0n) is 8.90. The van der Waals surface area contributed by atoms with Crippen molar-refractivity contribution in [1.82, 2.24) is 0 Å². The van der Waals surface area contributed by atoms with Crippen LogP contribution in [-0.2, 0) is 16.1 Å². The number of thioether (sulfide) groups is 1. The SMILES string of the molecule is COC(=O)CCSc1ccc(CO)cc1F. The lowest BCUT2D eigenvalue weighted by Crippen LogP contribution is -2.01. The van der Waals surface area contributed by atoms with Crippen molar-refractivity contribution >= 4 is 17.7 Å². The van der Waals surface area contributed by atoms with E-state index in [2.05, 4.69) is 4.74 Å². The molecule has 0 bridgehead atoms. The van der Waals surface area contributed by atoms with Gasteiger partial charge in [0.15, 0.2) is 0 Å². The highest BCUT2D eigenvalue weighted by Crippen LogP contribution is 2.23. The van der Waals surface area contributed by atoms with Crippen molar-refractivity contribution in [1.29, 1.82) is 0 Å². The van der Waals surface area contributed by atoms with Crippen LogP contribution >= 0.6 is 11.8 Å². The molecule has 3 nitrogen and oxygen atoms in total. The van der Waals surface area contributed by atoms with Gasteiger partial charge in [-0.1, -0.05) is 6.07 Å². The minimum absolute atomic E-state index is 0.177. The number of ether oxygens (including phenoxy) is 1. The molecule has 0 heterocycles. The van der Waals surface area contributed by atoms with Gasteiger partial charge in [0, 0.05) is 10.6 Å². The van der Waals surface area contributed by atoms with Gasteiger partial charge in [-0.15, -0.1) is 11.8 Å². The first-order valence-corrected chi connectivity index (χ1v) is 5.75. The normalized spacial score (nSPS) is 10.2. The number of aliphatic hydroxyl groups excluding tert-OH is 1. The maximum absolute atomic E-state index is 13.4. The van der Waals surface area contributed by atoms with Crippen molar-refractivity contribution in [2.24, 2.45) is 0 Å².